The van der Waals surface area contributed by atoms with Gasteiger partial charge in [-0.3, -0.25) is 0 Å². The molecular formula is C11H17Br2NOS. The maximum atomic E-state index is 4.96. The fourth-order valence-corrected chi connectivity index (χ4v) is 3.58. The zero-order chi connectivity index (χ0) is 11.8. The second kappa shape index (κ2) is 8.64. The van der Waals surface area contributed by atoms with Crippen LogP contribution in [-0.2, 0) is 11.2 Å². The van der Waals surface area contributed by atoms with Gasteiger partial charge < -0.3 is 10.1 Å². The smallest absolute Gasteiger partial charge is 0.0843 e. The largest absolute Gasteiger partial charge is 0.383 e. The summed E-state index contributed by atoms with van der Waals surface area (Å²) in [5, 5.41) is 3.35. The summed E-state index contributed by atoms with van der Waals surface area (Å²) in [6.45, 7) is 2.83. The number of ether oxygens (including phenoxy) is 1. The highest BCUT2D eigenvalue weighted by Gasteiger charge is 2.03. The predicted molar refractivity (Wildman–Crippen MR) is 77.4 cm³/mol. The molecule has 1 aromatic heterocycles. The minimum atomic E-state index is 0.796. The number of thiophene rings is 1. The quantitative estimate of drug-likeness (QED) is 0.702. The number of rotatable bonds is 8. The van der Waals surface area contributed by atoms with Crippen molar-refractivity contribution < 1.29 is 4.74 Å². The van der Waals surface area contributed by atoms with Gasteiger partial charge in [0.1, 0.15) is 0 Å². The SMILES string of the molecule is COCCNCCCCc1cc(Br)c(Br)s1. The zero-order valence-electron chi connectivity index (χ0n) is 9.39. The Balaban J connectivity index is 2.03. The molecule has 0 fully saturated rings. The van der Waals surface area contributed by atoms with Gasteiger partial charge in [0.15, 0.2) is 0 Å². The van der Waals surface area contributed by atoms with Crippen LogP contribution in [-0.4, -0.2) is 26.8 Å². The van der Waals surface area contributed by atoms with Crippen LogP contribution in [0, 0.1) is 0 Å². The molecule has 5 heteroatoms. The molecule has 0 aromatic carbocycles. The lowest BCUT2D eigenvalue weighted by Gasteiger charge is -2.02. The summed E-state index contributed by atoms with van der Waals surface area (Å²) in [5.41, 5.74) is 0. The van der Waals surface area contributed by atoms with Crippen molar-refractivity contribution >= 4 is 43.2 Å². The van der Waals surface area contributed by atoms with E-state index in [1.165, 1.54) is 32.4 Å². The molecule has 1 heterocycles. The van der Waals surface area contributed by atoms with E-state index in [1.54, 1.807) is 7.11 Å². The van der Waals surface area contributed by atoms with E-state index in [1.807, 2.05) is 11.3 Å². The highest BCUT2D eigenvalue weighted by Crippen LogP contribution is 2.32. The van der Waals surface area contributed by atoms with Gasteiger partial charge in [0.05, 0.1) is 10.4 Å². The Labute approximate surface area is 118 Å². The molecule has 0 aliphatic heterocycles. The summed E-state index contributed by atoms with van der Waals surface area (Å²) in [7, 11) is 1.73. The fraction of sp³-hybridized carbons (Fsp3) is 0.636. The zero-order valence-corrected chi connectivity index (χ0v) is 13.4. The number of methoxy groups -OCH3 is 1. The highest BCUT2D eigenvalue weighted by atomic mass is 79.9. The van der Waals surface area contributed by atoms with Crippen molar-refractivity contribution in [2.24, 2.45) is 0 Å². The normalized spacial score (nSPS) is 10.9. The standard InChI is InChI=1S/C11H17Br2NOS/c1-15-7-6-14-5-3-2-4-9-8-10(12)11(13)16-9/h8,14H,2-7H2,1H3. The average molecular weight is 371 g/mol. The van der Waals surface area contributed by atoms with Gasteiger partial charge in [-0.1, -0.05) is 0 Å². The summed E-state index contributed by atoms with van der Waals surface area (Å²) in [6, 6.07) is 2.20. The Bertz CT molecular complexity index is 285. The molecule has 0 amide bonds. The second-order valence-electron chi connectivity index (χ2n) is 3.53. The van der Waals surface area contributed by atoms with Crippen LogP contribution < -0.4 is 5.32 Å². The predicted octanol–water partition coefficient (Wildman–Crippen LogP) is 3.83. The van der Waals surface area contributed by atoms with Gasteiger partial charge >= 0.3 is 0 Å². The van der Waals surface area contributed by atoms with Gasteiger partial charge in [-0.25, -0.2) is 0 Å². The molecule has 1 rings (SSSR count). The van der Waals surface area contributed by atoms with Gasteiger partial charge in [0.2, 0.25) is 0 Å². The van der Waals surface area contributed by atoms with E-state index >= 15 is 0 Å². The van der Waals surface area contributed by atoms with Crippen LogP contribution in [0.5, 0.6) is 0 Å². The first-order valence-corrected chi connectivity index (χ1v) is 7.77. The average Bonchev–Trinajstić information content (AvgIpc) is 2.57. The van der Waals surface area contributed by atoms with E-state index < -0.39 is 0 Å². The summed E-state index contributed by atoms with van der Waals surface area (Å²) in [5.74, 6) is 0. The van der Waals surface area contributed by atoms with Crippen molar-refractivity contribution in [2.75, 3.05) is 26.8 Å². The van der Waals surface area contributed by atoms with E-state index in [2.05, 4.69) is 43.2 Å². The molecule has 0 saturated heterocycles. The van der Waals surface area contributed by atoms with E-state index in [4.69, 9.17) is 4.74 Å². The van der Waals surface area contributed by atoms with Crippen molar-refractivity contribution in [3.05, 3.63) is 19.2 Å². The van der Waals surface area contributed by atoms with Gasteiger partial charge in [0, 0.05) is 23.0 Å². The first kappa shape index (κ1) is 14.6. The molecule has 0 bridgehead atoms. The molecule has 0 radical (unpaired) electrons. The number of hydrogen-bond donors (Lipinski definition) is 1. The summed E-state index contributed by atoms with van der Waals surface area (Å²) < 4.78 is 7.33. The van der Waals surface area contributed by atoms with Crippen LogP contribution in [0.25, 0.3) is 0 Å². The third-order valence-electron chi connectivity index (χ3n) is 2.21. The molecular weight excluding hydrogens is 354 g/mol. The molecule has 16 heavy (non-hydrogen) atoms. The molecule has 0 unspecified atom stereocenters. The van der Waals surface area contributed by atoms with Crippen LogP contribution in [0.2, 0.25) is 0 Å². The molecule has 0 saturated carbocycles. The number of nitrogens with one attached hydrogen (secondary N) is 1. The number of halogens is 2. The van der Waals surface area contributed by atoms with E-state index in [9.17, 15) is 0 Å². The molecule has 0 aliphatic carbocycles. The van der Waals surface area contributed by atoms with Crippen molar-refractivity contribution in [3.8, 4) is 0 Å². The van der Waals surface area contributed by atoms with Crippen LogP contribution in [0.4, 0.5) is 0 Å². The topological polar surface area (TPSA) is 21.3 Å². The van der Waals surface area contributed by atoms with Gasteiger partial charge in [-0.2, -0.15) is 0 Å². The van der Waals surface area contributed by atoms with E-state index in [-0.39, 0.29) is 0 Å². The monoisotopic (exact) mass is 369 g/mol. The second-order valence-corrected chi connectivity index (χ2v) is 6.84. The Morgan fingerprint density at radius 3 is 2.75 bits per heavy atom. The first-order chi connectivity index (χ1) is 7.74. The summed E-state index contributed by atoms with van der Waals surface area (Å²) >= 11 is 8.83. The Morgan fingerprint density at radius 1 is 1.31 bits per heavy atom. The Hall–Kier alpha value is 0.580. The molecule has 0 aliphatic rings. The molecule has 1 N–H and O–H groups in total. The molecule has 2 nitrogen and oxygen atoms in total. The fourth-order valence-electron chi connectivity index (χ4n) is 1.36. The number of hydrogen-bond acceptors (Lipinski definition) is 3. The van der Waals surface area contributed by atoms with Crippen LogP contribution in [0.3, 0.4) is 0 Å². The van der Waals surface area contributed by atoms with Crippen LogP contribution in [0.1, 0.15) is 17.7 Å². The summed E-state index contributed by atoms with van der Waals surface area (Å²) in [4.78, 5) is 1.44. The third kappa shape index (κ3) is 5.77. The van der Waals surface area contributed by atoms with Gasteiger partial charge in [-0.05, 0) is 63.7 Å². The van der Waals surface area contributed by atoms with Gasteiger partial charge in [-0.15, -0.1) is 11.3 Å². The molecule has 0 spiro atoms. The lowest BCUT2D eigenvalue weighted by Crippen LogP contribution is -2.20. The Kier molecular flexibility index (Phi) is 7.90. The van der Waals surface area contributed by atoms with Crippen molar-refractivity contribution in [1.82, 2.24) is 5.32 Å². The minimum absolute atomic E-state index is 0.796. The van der Waals surface area contributed by atoms with E-state index in [0.717, 1.165) is 19.7 Å². The van der Waals surface area contributed by atoms with Crippen molar-refractivity contribution in [2.45, 2.75) is 19.3 Å². The maximum Gasteiger partial charge on any atom is 0.0843 e. The van der Waals surface area contributed by atoms with Crippen molar-refractivity contribution in [3.63, 3.8) is 0 Å². The Morgan fingerprint density at radius 2 is 2.12 bits per heavy atom. The number of unbranched alkanes of at least 4 members (excludes halogenated alkanes) is 1. The lowest BCUT2D eigenvalue weighted by atomic mass is 10.2. The van der Waals surface area contributed by atoms with Crippen LogP contribution >= 0.6 is 43.2 Å². The van der Waals surface area contributed by atoms with Gasteiger partial charge in [0.25, 0.3) is 0 Å². The first-order valence-electron chi connectivity index (χ1n) is 5.37. The maximum absolute atomic E-state index is 4.96. The highest BCUT2D eigenvalue weighted by molar-refractivity contribution is 9.13. The van der Waals surface area contributed by atoms with Crippen LogP contribution in [0.15, 0.2) is 14.3 Å². The lowest BCUT2D eigenvalue weighted by molar-refractivity contribution is 0.199. The summed E-state index contributed by atoms with van der Waals surface area (Å²) in [6.07, 6.45) is 3.62. The molecule has 92 valence electrons. The molecule has 0 atom stereocenters. The van der Waals surface area contributed by atoms with Crippen molar-refractivity contribution in [1.29, 1.82) is 0 Å². The number of aryl methyl sites for hydroxylation is 1. The minimum Gasteiger partial charge on any atom is -0.383 e. The van der Waals surface area contributed by atoms with E-state index in [0.29, 0.717) is 0 Å². The third-order valence-corrected chi connectivity index (χ3v) is 5.52. The molecule has 1 aromatic rings.